The van der Waals surface area contributed by atoms with Crippen LogP contribution in [-0.2, 0) is 14.3 Å². The Kier molecular flexibility index (Phi) is 6.80. The molecule has 0 spiro atoms. The van der Waals surface area contributed by atoms with Crippen LogP contribution >= 0.6 is 0 Å². The molecule has 0 radical (unpaired) electrons. The Labute approximate surface area is 147 Å². The van der Waals surface area contributed by atoms with E-state index in [-0.39, 0.29) is 23.8 Å². The molecule has 2 rings (SSSR count). The maximum absolute atomic E-state index is 12.0. The van der Waals surface area contributed by atoms with Gasteiger partial charge in [-0.15, -0.1) is 0 Å². The van der Waals surface area contributed by atoms with Crippen molar-refractivity contribution >= 4 is 29.3 Å². The number of carbonyl (C=O) groups is 3. The molecular weight excluding hydrogens is 322 g/mol. The van der Waals surface area contributed by atoms with E-state index in [2.05, 4.69) is 20.7 Å². The predicted octanol–water partition coefficient (Wildman–Crippen LogP) is 2.81. The number of hydrogen-bond acceptors (Lipinski definition) is 4. The molecule has 0 heterocycles. The van der Waals surface area contributed by atoms with E-state index in [9.17, 15) is 14.4 Å². The Morgan fingerprint density at radius 2 is 1.92 bits per heavy atom. The molecule has 3 N–H and O–H groups in total. The van der Waals surface area contributed by atoms with E-state index in [4.69, 9.17) is 0 Å². The second-order valence-electron chi connectivity index (χ2n) is 6.21. The molecule has 0 aromatic heterocycles. The summed E-state index contributed by atoms with van der Waals surface area (Å²) in [5.41, 5.74) is 2.24. The molecule has 1 aromatic carbocycles. The maximum Gasteiger partial charge on any atom is 0.319 e. The fraction of sp³-hybridized carbons (Fsp3) is 0.500. The summed E-state index contributed by atoms with van der Waals surface area (Å²) in [4.78, 5) is 34.8. The highest BCUT2D eigenvalue weighted by Crippen LogP contribution is 2.30. The molecule has 1 saturated carbocycles. The van der Waals surface area contributed by atoms with E-state index >= 15 is 0 Å². The molecule has 1 fully saturated rings. The zero-order chi connectivity index (χ0) is 18.2. The van der Waals surface area contributed by atoms with E-state index in [1.54, 1.807) is 6.07 Å². The van der Waals surface area contributed by atoms with Crippen molar-refractivity contribution in [3.63, 3.8) is 0 Å². The zero-order valence-corrected chi connectivity index (χ0v) is 14.7. The van der Waals surface area contributed by atoms with Gasteiger partial charge < -0.3 is 20.7 Å². The van der Waals surface area contributed by atoms with Gasteiger partial charge in [0.15, 0.2) is 0 Å². The molecule has 0 saturated heterocycles. The lowest BCUT2D eigenvalue weighted by molar-refractivity contribution is -0.140. The summed E-state index contributed by atoms with van der Waals surface area (Å²) in [6.45, 7) is 2.36. The van der Waals surface area contributed by atoms with Crippen molar-refractivity contribution < 1.29 is 19.1 Å². The van der Waals surface area contributed by atoms with Crippen LogP contribution in [0.1, 0.15) is 37.7 Å². The molecule has 1 aromatic rings. The lowest BCUT2D eigenvalue weighted by atomic mass is 10.1. The topological polar surface area (TPSA) is 96.5 Å². The van der Waals surface area contributed by atoms with Crippen molar-refractivity contribution in [1.29, 1.82) is 0 Å². The van der Waals surface area contributed by atoms with Crippen LogP contribution in [0.15, 0.2) is 18.2 Å². The van der Waals surface area contributed by atoms with Crippen LogP contribution in [0.2, 0.25) is 0 Å². The smallest absolute Gasteiger partial charge is 0.319 e. The fourth-order valence-corrected chi connectivity index (χ4v) is 2.29. The second kappa shape index (κ2) is 9.05. The highest BCUT2D eigenvalue weighted by Gasteiger charge is 2.29. The lowest BCUT2D eigenvalue weighted by Crippen LogP contribution is -2.30. The number of benzene rings is 1. The number of anilines is 2. The number of unbranched alkanes of at least 4 members (excludes halogenated alkanes) is 1. The average molecular weight is 347 g/mol. The van der Waals surface area contributed by atoms with Gasteiger partial charge in [-0.3, -0.25) is 9.59 Å². The number of nitrogens with one attached hydrogen (secondary N) is 3. The molecule has 1 aliphatic rings. The number of rotatable bonds is 8. The van der Waals surface area contributed by atoms with Crippen molar-refractivity contribution in [2.45, 2.75) is 39.0 Å². The molecule has 0 aliphatic heterocycles. The van der Waals surface area contributed by atoms with Gasteiger partial charge in [0.1, 0.15) is 0 Å². The molecule has 3 amide bonds. The lowest BCUT2D eigenvalue weighted by Gasteiger charge is -2.12. The van der Waals surface area contributed by atoms with E-state index < -0.39 is 0 Å². The molecule has 7 heteroatoms. The minimum Gasteiger partial charge on any atom is -0.469 e. The summed E-state index contributed by atoms with van der Waals surface area (Å²) in [6, 6.07) is 5.12. The number of hydrogen-bond donors (Lipinski definition) is 3. The van der Waals surface area contributed by atoms with Gasteiger partial charge in [0.2, 0.25) is 5.91 Å². The Bertz CT molecular complexity index is 641. The molecule has 7 nitrogen and oxygen atoms in total. The Morgan fingerprint density at radius 1 is 1.16 bits per heavy atom. The van der Waals surface area contributed by atoms with Crippen molar-refractivity contribution in [2.24, 2.45) is 5.92 Å². The number of esters is 1. The largest absolute Gasteiger partial charge is 0.469 e. The quantitative estimate of drug-likeness (QED) is 0.498. The first-order valence-corrected chi connectivity index (χ1v) is 8.53. The standard InChI is InChI=1S/C18H25N3O4/c1-12-6-9-14(20-17(23)13-7-8-13)11-15(12)21-18(24)19-10-4-3-5-16(22)25-2/h6,9,11,13H,3-5,7-8,10H2,1-2H3,(H,20,23)(H2,19,21,24). The third kappa shape index (κ3) is 6.45. The highest BCUT2D eigenvalue weighted by atomic mass is 16.5. The zero-order valence-electron chi connectivity index (χ0n) is 14.7. The first-order chi connectivity index (χ1) is 12.0. The minimum atomic E-state index is -0.313. The Morgan fingerprint density at radius 3 is 2.60 bits per heavy atom. The number of carbonyl (C=O) groups excluding carboxylic acids is 3. The van der Waals surface area contributed by atoms with Crippen LogP contribution in [0.25, 0.3) is 0 Å². The number of methoxy groups -OCH3 is 1. The van der Waals surface area contributed by atoms with Gasteiger partial charge in [0.05, 0.1) is 7.11 Å². The second-order valence-corrected chi connectivity index (χ2v) is 6.21. The molecule has 0 atom stereocenters. The van der Waals surface area contributed by atoms with E-state index in [0.29, 0.717) is 37.2 Å². The number of ether oxygens (including phenoxy) is 1. The molecule has 0 bridgehead atoms. The molecule has 1 aliphatic carbocycles. The third-order valence-electron chi connectivity index (χ3n) is 4.02. The molecule has 25 heavy (non-hydrogen) atoms. The van der Waals surface area contributed by atoms with Crippen LogP contribution in [0.3, 0.4) is 0 Å². The summed E-state index contributed by atoms with van der Waals surface area (Å²) in [6.07, 6.45) is 3.59. The Hall–Kier alpha value is -2.57. The van der Waals surface area contributed by atoms with E-state index in [1.807, 2.05) is 19.1 Å². The summed E-state index contributed by atoms with van der Waals surface area (Å²) in [5.74, 6) is -0.0824. The number of urea groups is 1. The van der Waals surface area contributed by atoms with Gasteiger partial charge in [0.25, 0.3) is 0 Å². The van der Waals surface area contributed by atoms with E-state index in [1.165, 1.54) is 7.11 Å². The summed E-state index contributed by atoms with van der Waals surface area (Å²) in [5, 5.41) is 8.40. The average Bonchev–Trinajstić information content (AvgIpc) is 3.42. The Balaban J connectivity index is 1.77. The number of aryl methyl sites for hydroxylation is 1. The van der Waals surface area contributed by atoms with Gasteiger partial charge >= 0.3 is 12.0 Å². The van der Waals surface area contributed by atoms with Crippen LogP contribution < -0.4 is 16.0 Å². The normalized spacial score (nSPS) is 13.0. The summed E-state index contributed by atoms with van der Waals surface area (Å²) >= 11 is 0. The minimum absolute atomic E-state index is 0.0323. The van der Waals surface area contributed by atoms with Crippen LogP contribution in [0.5, 0.6) is 0 Å². The molecule has 136 valence electrons. The highest BCUT2D eigenvalue weighted by molar-refractivity contribution is 5.96. The van der Waals surface area contributed by atoms with Gasteiger partial charge in [-0.2, -0.15) is 0 Å². The third-order valence-corrected chi connectivity index (χ3v) is 4.02. The van der Waals surface area contributed by atoms with Crippen molar-refractivity contribution in [3.05, 3.63) is 23.8 Å². The monoisotopic (exact) mass is 347 g/mol. The van der Waals surface area contributed by atoms with Gasteiger partial charge in [-0.25, -0.2) is 4.79 Å². The molecule has 0 unspecified atom stereocenters. The SMILES string of the molecule is COC(=O)CCCCNC(=O)Nc1cc(NC(=O)C2CC2)ccc1C. The first kappa shape index (κ1) is 18.8. The molecular formula is C18H25N3O4. The van der Waals surface area contributed by atoms with Crippen LogP contribution in [-0.4, -0.2) is 31.6 Å². The van der Waals surface area contributed by atoms with Crippen molar-refractivity contribution in [1.82, 2.24) is 5.32 Å². The van der Waals surface area contributed by atoms with Crippen LogP contribution in [0.4, 0.5) is 16.2 Å². The van der Waals surface area contributed by atoms with Crippen LogP contribution in [0, 0.1) is 12.8 Å². The van der Waals surface area contributed by atoms with E-state index in [0.717, 1.165) is 18.4 Å². The summed E-state index contributed by atoms with van der Waals surface area (Å²) < 4.78 is 4.56. The number of amides is 3. The van der Waals surface area contributed by atoms with Gasteiger partial charge in [0, 0.05) is 30.3 Å². The maximum atomic E-state index is 12.0. The van der Waals surface area contributed by atoms with Gasteiger partial charge in [-0.1, -0.05) is 6.07 Å². The fourth-order valence-electron chi connectivity index (χ4n) is 2.29. The van der Waals surface area contributed by atoms with Crippen molar-refractivity contribution in [2.75, 3.05) is 24.3 Å². The van der Waals surface area contributed by atoms with Gasteiger partial charge in [-0.05, 0) is 50.3 Å². The first-order valence-electron chi connectivity index (χ1n) is 8.53. The predicted molar refractivity (Wildman–Crippen MR) is 95.4 cm³/mol. The van der Waals surface area contributed by atoms with Crippen molar-refractivity contribution in [3.8, 4) is 0 Å². The summed E-state index contributed by atoms with van der Waals surface area (Å²) in [7, 11) is 1.36.